The van der Waals surface area contributed by atoms with Crippen molar-refractivity contribution in [2.75, 3.05) is 0 Å². The van der Waals surface area contributed by atoms with Gasteiger partial charge in [-0.25, -0.2) is 20.2 Å². The van der Waals surface area contributed by atoms with Gasteiger partial charge in [0, 0.05) is 5.22 Å². The van der Waals surface area contributed by atoms with Gasteiger partial charge in [0.2, 0.25) is 0 Å². The van der Waals surface area contributed by atoms with Crippen molar-refractivity contribution in [2.45, 2.75) is 12.8 Å². The van der Waals surface area contributed by atoms with E-state index < -0.39 is 0 Å². The lowest BCUT2D eigenvalue weighted by molar-refractivity contribution is 1.17. The summed E-state index contributed by atoms with van der Waals surface area (Å²) in [5.74, 6) is 0. The predicted octanol–water partition coefficient (Wildman–Crippen LogP) is 4.78. The highest BCUT2D eigenvalue weighted by Gasteiger charge is 2.33. The summed E-state index contributed by atoms with van der Waals surface area (Å²) in [4.78, 5) is 13.9. The molecule has 0 unspecified atom stereocenters. The Morgan fingerprint density at radius 2 is 1.11 bits per heavy atom. The van der Waals surface area contributed by atoms with Crippen molar-refractivity contribution in [3.05, 3.63) is 114 Å². The summed E-state index contributed by atoms with van der Waals surface area (Å²) in [6.45, 7) is 30.5. The number of fused-ring (bicyclic) bond motifs is 6. The topological polar surface area (TPSA) is 113 Å². The second kappa shape index (κ2) is 8.52. The quantitative estimate of drug-likeness (QED) is 0.297. The number of rotatable bonds is 0. The lowest BCUT2D eigenvalue weighted by atomic mass is 9.90. The molecule has 2 aliphatic rings. The molecule has 2 aliphatic carbocycles. The van der Waals surface area contributed by atoms with Gasteiger partial charge in [-0.05, 0) is 74.7 Å². The first-order chi connectivity index (χ1) is 18.5. The van der Waals surface area contributed by atoms with Crippen molar-refractivity contribution in [3.8, 4) is 46.5 Å². The van der Waals surface area contributed by atoms with Gasteiger partial charge in [0.15, 0.2) is 11.4 Å². The molecule has 0 N–H and O–H groups in total. The average Bonchev–Trinajstić information content (AvgIpc) is 3.50. The number of nitrogens with zero attached hydrogens (tertiary/aromatic N) is 8. The van der Waals surface area contributed by atoms with E-state index in [4.69, 9.17) is 26.3 Å². The molecule has 168 valence electrons. The van der Waals surface area contributed by atoms with Crippen LogP contribution < -0.4 is 10.4 Å². The highest BCUT2D eigenvalue weighted by molar-refractivity contribution is 5.95. The van der Waals surface area contributed by atoms with Crippen LogP contribution in [0, 0.1) is 71.6 Å². The van der Waals surface area contributed by atoms with Crippen molar-refractivity contribution >= 4 is 22.8 Å². The molecular formula is C30H8N8. The molecule has 0 saturated heterocycles. The first-order valence-electron chi connectivity index (χ1n) is 10.9. The number of nitriles is 4. The maximum atomic E-state index is 9.98. The van der Waals surface area contributed by atoms with Crippen molar-refractivity contribution < 1.29 is 0 Å². The standard InChI is InChI=1S/C30H8N8/c1-35-23-9-16-7-22-27(25(13-33)37-3)21-6-15-5-17(11-31)18(12-32)8-19(15)28(21)30(26(14-34)38-4)29(22)20(16)10-24(23)36-2/h5,8-10H,6-7H2/b27-25-,30-26-. The molecule has 38 heavy (non-hydrogen) atoms. The minimum Gasteiger partial charge on any atom is -0.250 e. The summed E-state index contributed by atoms with van der Waals surface area (Å²) in [6, 6.07) is 14.3. The molecule has 0 radical (unpaired) electrons. The van der Waals surface area contributed by atoms with Gasteiger partial charge >= 0.3 is 0 Å². The van der Waals surface area contributed by atoms with Crippen molar-refractivity contribution in [3.63, 3.8) is 0 Å². The van der Waals surface area contributed by atoms with Crippen LogP contribution in [-0.4, -0.2) is 0 Å². The Balaban J connectivity index is 2.13. The Hall–Kier alpha value is -6.68. The van der Waals surface area contributed by atoms with Crippen LogP contribution in [0.25, 0.3) is 53.0 Å². The van der Waals surface area contributed by atoms with E-state index >= 15 is 0 Å². The smallest absolute Gasteiger partial charge is 0.250 e. The van der Waals surface area contributed by atoms with Gasteiger partial charge in [-0.3, -0.25) is 9.69 Å². The monoisotopic (exact) mass is 480 g/mol. The Bertz CT molecular complexity index is 2010. The van der Waals surface area contributed by atoms with E-state index in [1.807, 2.05) is 24.3 Å². The minimum atomic E-state index is -0.215. The normalized spacial score (nSPS) is 12.6. The highest BCUT2D eigenvalue weighted by atomic mass is 14.8. The third-order valence-corrected chi connectivity index (χ3v) is 6.81. The maximum Gasteiger partial charge on any atom is 0.270 e. The third-order valence-electron chi connectivity index (χ3n) is 6.81. The summed E-state index contributed by atoms with van der Waals surface area (Å²) in [6.07, 6.45) is 0.469. The fourth-order valence-corrected chi connectivity index (χ4v) is 5.37. The van der Waals surface area contributed by atoms with Crippen LogP contribution in [0.4, 0.5) is 11.4 Å². The molecular weight excluding hydrogens is 472 g/mol. The van der Waals surface area contributed by atoms with Gasteiger partial charge < -0.3 is 0 Å². The van der Waals surface area contributed by atoms with Crippen molar-refractivity contribution in [2.24, 2.45) is 0 Å². The Morgan fingerprint density at radius 1 is 0.632 bits per heavy atom. The average molecular weight is 480 g/mol. The Morgan fingerprint density at radius 3 is 1.61 bits per heavy atom. The molecule has 0 atom stereocenters. The zero-order valence-corrected chi connectivity index (χ0v) is 19.3. The van der Waals surface area contributed by atoms with E-state index in [2.05, 4.69) is 19.4 Å². The molecule has 0 fully saturated rings. The molecule has 0 amide bonds. The molecule has 3 aromatic carbocycles. The molecule has 0 aromatic heterocycles. The van der Waals surface area contributed by atoms with Crippen LogP contribution in [0.3, 0.4) is 0 Å². The summed E-state index contributed by atoms with van der Waals surface area (Å²) in [5, 5.41) is 39.8. The summed E-state index contributed by atoms with van der Waals surface area (Å²) in [7, 11) is 0. The Kier molecular flexibility index (Phi) is 5.17. The van der Waals surface area contributed by atoms with Crippen LogP contribution in [0.15, 0.2) is 24.3 Å². The molecule has 8 heteroatoms. The van der Waals surface area contributed by atoms with Gasteiger partial charge in [0.1, 0.15) is 12.1 Å². The van der Waals surface area contributed by atoms with Crippen LogP contribution in [-0.2, 0) is 12.8 Å². The van der Waals surface area contributed by atoms with Gasteiger partial charge in [-0.2, -0.15) is 10.5 Å². The second-order valence-electron chi connectivity index (χ2n) is 8.46. The van der Waals surface area contributed by atoms with E-state index in [-0.39, 0.29) is 46.7 Å². The SMILES string of the molecule is [C-]#[N+]/C(C#N)=c1/c2c(/c(=C(\C#N)[N+]#[C-])c3c1Cc1cc([N+]#[C-])c([N+]#[C-])cc1-3)-c1cc(C#N)c(C#N)cc1C2. The van der Waals surface area contributed by atoms with E-state index in [0.29, 0.717) is 54.9 Å². The predicted molar refractivity (Wildman–Crippen MR) is 135 cm³/mol. The van der Waals surface area contributed by atoms with Crippen molar-refractivity contribution in [1.82, 2.24) is 0 Å². The molecule has 0 heterocycles. The minimum absolute atomic E-state index is 0.112. The van der Waals surface area contributed by atoms with Gasteiger partial charge in [0.25, 0.3) is 11.4 Å². The molecule has 5 rings (SSSR count). The zero-order valence-electron chi connectivity index (χ0n) is 19.3. The molecule has 3 aromatic rings. The fraction of sp³-hybridized carbons (Fsp3) is 0.0667. The fourth-order valence-electron chi connectivity index (χ4n) is 5.37. The van der Waals surface area contributed by atoms with E-state index in [1.165, 1.54) is 0 Å². The molecule has 0 bridgehead atoms. The largest absolute Gasteiger partial charge is 0.270 e. The van der Waals surface area contributed by atoms with Gasteiger partial charge in [-0.1, -0.05) is 12.1 Å². The molecule has 0 saturated carbocycles. The number of hydrogen-bond acceptors (Lipinski definition) is 4. The maximum absolute atomic E-state index is 9.98. The van der Waals surface area contributed by atoms with Crippen LogP contribution in [0.2, 0.25) is 0 Å². The van der Waals surface area contributed by atoms with E-state index in [0.717, 1.165) is 0 Å². The zero-order chi connectivity index (χ0) is 27.1. The Labute approximate surface area is 217 Å². The van der Waals surface area contributed by atoms with E-state index in [1.54, 1.807) is 24.3 Å². The van der Waals surface area contributed by atoms with Gasteiger partial charge in [0.05, 0.1) is 49.6 Å². The molecule has 0 aliphatic heterocycles. The first kappa shape index (κ1) is 23.1. The lowest BCUT2D eigenvalue weighted by Gasteiger charge is -2.14. The van der Waals surface area contributed by atoms with Gasteiger partial charge in [-0.15, -0.1) is 0 Å². The first-order valence-corrected chi connectivity index (χ1v) is 10.9. The third kappa shape index (κ3) is 2.95. The molecule has 8 nitrogen and oxygen atoms in total. The van der Waals surface area contributed by atoms with E-state index in [9.17, 15) is 21.0 Å². The summed E-state index contributed by atoms with van der Waals surface area (Å²) >= 11 is 0. The van der Waals surface area contributed by atoms with Crippen LogP contribution in [0.5, 0.6) is 0 Å². The van der Waals surface area contributed by atoms with Crippen LogP contribution in [0.1, 0.15) is 33.4 Å². The number of hydrogen-bond donors (Lipinski definition) is 0. The summed E-state index contributed by atoms with van der Waals surface area (Å²) < 4.78 is 0. The van der Waals surface area contributed by atoms with Crippen LogP contribution >= 0.6 is 0 Å². The number of benzene rings is 3. The second-order valence-corrected chi connectivity index (χ2v) is 8.46. The highest BCUT2D eigenvalue weighted by Crippen LogP contribution is 2.44. The lowest BCUT2D eigenvalue weighted by Crippen LogP contribution is -2.25. The van der Waals surface area contributed by atoms with Crippen molar-refractivity contribution in [1.29, 1.82) is 21.0 Å². The summed E-state index contributed by atoms with van der Waals surface area (Å²) in [5.41, 5.74) is 4.74. The molecule has 0 spiro atoms.